The Kier molecular flexibility index (Phi) is 3.21. The zero-order chi connectivity index (χ0) is 10.7. The van der Waals surface area contributed by atoms with Crippen molar-refractivity contribution in [3.8, 4) is 0 Å². The van der Waals surface area contributed by atoms with Gasteiger partial charge in [0.25, 0.3) is 0 Å². The Morgan fingerprint density at radius 1 is 1.53 bits per heavy atom. The van der Waals surface area contributed by atoms with Crippen LogP contribution in [0.2, 0.25) is 0 Å². The molecule has 82 valence electrons. The molecule has 1 aromatic heterocycles. The van der Waals surface area contributed by atoms with Crippen molar-refractivity contribution in [3.63, 3.8) is 0 Å². The van der Waals surface area contributed by atoms with E-state index in [2.05, 4.69) is 28.9 Å². The molecule has 2 rings (SSSR count). The van der Waals surface area contributed by atoms with Crippen LogP contribution in [0.4, 0.5) is 5.82 Å². The normalized spacial score (nSPS) is 21.7. The third-order valence-corrected chi connectivity index (χ3v) is 3.07. The zero-order valence-corrected chi connectivity index (χ0v) is 9.32. The number of pyridine rings is 1. The van der Waals surface area contributed by atoms with Gasteiger partial charge in [-0.05, 0) is 43.9 Å². The molecule has 2 N–H and O–H groups in total. The van der Waals surface area contributed by atoms with Gasteiger partial charge < -0.3 is 10.6 Å². The van der Waals surface area contributed by atoms with Crippen LogP contribution in [0.1, 0.15) is 18.4 Å². The average Bonchev–Trinajstić information content (AvgIpc) is 2.30. The molecule has 0 radical (unpaired) electrons. The van der Waals surface area contributed by atoms with Crippen LogP contribution in [0.25, 0.3) is 0 Å². The van der Waals surface area contributed by atoms with Crippen LogP contribution >= 0.6 is 0 Å². The SMILES string of the molecule is Cc1ccc(N2CCC[C@H](CN)C2)nc1. The third-order valence-electron chi connectivity index (χ3n) is 3.07. The second-order valence-corrected chi connectivity index (χ2v) is 4.38. The summed E-state index contributed by atoms with van der Waals surface area (Å²) < 4.78 is 0. The minimum Gasteiger partial charge on any atom is -0.356 e. The van der Waals surface area contributed by atoms with E-state index in [-0.39, 0.29) is 0 Å². The second-order valence-electron chi connectivity index (χ2n) is 4.38. The van der Waals surface area contributed by atoms with Crippen LogP contribution in [0.15, 0.2) is 18.3 Å². The van der Waals surface area contributed by atoms with E-state index in [1.807, 2.05) is 6.20 Å². The van der Waals surface area contributed by atoms with E-state index in [1.54, 1.807) is 0 Å². The van der Waals surface area contributed by atoms with E-state index in [4.69, 9.17) is 5.73 Å². The van der Waals surface area contributed by atoms with Gasteiger partial charge in [0.05, 0.1) is 0 Å². The zero-order valence-electron chi connectivity index (χ0n) is 9.32. The fraction of sp³-hybridized carbons (Fsp3) is 0.583. The van der Waals surface area contributed by atoms with Gasteiger partial charge in [-0.15, -0.1) is 0 Å². The van der Waals surface area contributed by atoms with Gasteiger partial charge in [-0.25, -0.2) is 4.98 Å². The molecule has 1 aliphatic rings. The van der Waals surface area contributed by atoms with E-state index >= 15 is 0 Å². The summed E-state index contributed by atoms with van der Waals surface area (Å²) >= 11 is 0. The summed E-state index contributed by atoms with van der Waals surface area (Å²) in [6, 6.07) is 4.22. The van der Waals surface area contributed by atoms with Gasteiger partial charge in [-0.1, -0.05) is 6.07 Å². The highest BCUT2D eigenvalue weighted by molar-refractivity contribution is 5.39. The summed E-state index contributed by atoms with van der Waals surface area (Å²) in [6.07, 6.45) is 4.43. The smallest absolute Gasteiger partial charge is 0.128 e. The van der Waals surface area contributed by atoms with Crippen molar-refractivity contribution in [2.45, 2.75) is 19.8 Å². The molecule has 0 bridgehead atoms. The van der Waals surface area contributed by atoms with Crippen molar-refractivity contribution in [3.05, 3.63) is 23.9 Å². The van der Waals surface area contributed by atoms with Crippen molar-refractivity contribution in [1.29, 1.82) is 0 Å². The quantitative estimate of drug-likeness (QED) is 0.796. The molecule has 0 aliphatic carbocycles. The van der Waals surface area contributed by atoms with E-state index in [1.165, 1.54) is 18.4 Å². The van der Waals surface area contributed by atoms with Gasteiger partial charge in [-0.3, -0.25) is 0 Å². The lowest BCUT2D eigenvalue weighted by Gasteiger charge is -2.33. The maximum atomic E-state index is 5.72. The Morgan fingerprint density at radius 2 is 2.40 bits per heavy atom. The summed E-state index contributed by atoms with van der Waals surface area (Å²) in [5, 5.41) is 0. The fourth-order valence-electron chi connectivity index (χ4n) is 2.11. The van der Waals surface area contributed by atoms with Crippen molar-refractivity contribution in [2.75, 3.05) is 24.5 Å². The second kappa shape index (κ2) is 4.62. The van der Waals surface area contributed by atoms with Gasteiger partial charge >= 0.3 is 0 Å². The Labute approximate surface area is 91.3 Å². The first-order valence-corrected chi connectivity index (χ1v) is 5.67. The molecular weight excluding hydrogens is 186 g/mol. The molecule has 1 aliphatic heterocycles. The fourth-order valence-corrected chi connectivity index (χ4v) is 2.11. The lowest BCUT2D eigenvalue weighted by atomic mass is 9.98. The molecule has 3 heteroatoms. The van der Waals surface area contributed by atoms with Crippen LogP contribution in [-0.4, -0.2) is 24.6 Å². The number of nitrogens with zero attached hydrogens (tertiary/aromatic N) is 2. The van der Waals surface area contributed by atoms with Gasteiger partial charge in [-0.2, -0.15) is 0 Å². The molecule has 1 aromatic rings. The first kappa shape index (κ1) is 10.4. The lowest BCUT2D eigenvalue weighted by molar-refractivity contribution is 0.421. The van der Waals surface area contributed by atoms with Crippen LogP contribution in [0.3, 0.4) is 0 Å². The number of hydrogen-bond acceptors (Lipinski definition) is 3. The standard InChI is InChI=1S/C12H19N3/c1-10-4-5-12(14-8-10)15-6-2-3-11(7-13)9-15/h4-5,8,11H,2-3,6-7,9,13H2,1H3/t11-/m1/s1. The Hall–Kier alpha value is -1.09. The van der Waals surface area contributed by atoms with E-state index in [0.29, 0.717) is 5.92 Å². The number of nitrogens with two attached hydrogens (primary N) is 1. The van der Waals surface area contributed by atoms with Crippen LogP contribution in [0.5, 0.6) is 0 Å². The van der Waals surface area contributed by atoms with E-state index in [9.17, 15) is 0 Å². The maximum Gasteiger partial charge on any atom is 0.128 e. The molecule has 0 unspecified atom stereocenters. The van der Waals surface area contributed by atoms with E-state index in [0.717, 1.165) is 25.5 Å². The molecule has 1 saturated heterocycles. The van der Waals surface area contributed by atoms with Crippen molar-refractivity contribution in [2.24, 2.45) is 11.7 Å². The molecule has 1 fully saturated rings. The highest BCUT2D eigenvalue weighted by Crippen LogP contribution is 2.20. The Morgan fingerprint density at radius 3 is 3.07 bits per heavy atom. The highest BCUT2D eigenvalue weighted by Gasteiger charge is 2.19. The maximum absolute atomic E-state index is 5.72. The Balaban J connectivity index is 2.06. The van der Waals surface area contributed by atoms with E-state index < -0.39 is 0 Å². The molecule has 0 amide bonds. The highest BCUT2D eigenvalue weighted by atomic mass is 15.2. The monoisotopic (exact) mass is 205 g/mol. The Bertz CT molecular complexity index is 307. The van der Waals surface area contributed by atoms with Gasteiger partial charge in [0.1, 0.15) is 5.82 Å². The van der Waals surface area contributed by atoms with Crippen molar-refractivity contribution >= 4 is 5.82 Å². The molecule has 1 atom stereocenters. The summed E-state index contributed by atoms with van der Waals surface area (Å²) in [4.78, 5) is 6.80. The predicted octanol–water partition coefficient (Wildman–Crippen LogP) is 1.57. The first-order valence-electron chi connectivity index (χ1n) is 5.67. The molecule has 15 heavy (non-hydrogen) atoms. The molecule has 2 heterocycles. The third kappa shape index (κ3) is 2.48. The van der Waals surface area contributed by atoms with Crippen molar-refractivity contribution in [1.82, 2.24) is 4.98 Å². The van der Waals surface area contributed by atoms with Crippen LogP contribution in [-0.2, 0) is 0 Å². The number of aryl methyl sites for hydroxylation is 1. The summed E-state index contributed by atoms with van der Waals surface area (Å²) in [6.45, 7) is 5.04. The molecule has 0 aromatic carbocycles. The first-order chi connectivity index (χ1) is 7.29. The number of aromatic nitrogens is 1. The van der Waals surface area contributed by atoms with Crippen LogP contribution in [0, 0.1) is 12.8 Å². The molecular formula is C12H19N3. The minimum absolute atomic E-state index is 0.641. The van der Waals surface area contributed by atoms with Gasteiger partial charge in [0, 0.05) is 19.3 Å². The molecule has 3 nitrogen and oxygen atoms in total. The topological polar surface area (TPSA) is 42.1 Å². The van der Waals surface area contributed by atoms with Crippen molar-refractivity contribution < 1.29 is 0 Å². The number of piperidine rings is 1. The van der Waals surface area contributed by atoms with Gasteiger partial charge in [0.15, 0.2) is 0 Å². The largest absolute Gasteiger partial charge is 0.356 e. The minimum atomic E-state index is 0.641. The summed E-state index contributed by atoms with van der Waals surface area (Å²) in [5.41, 5.74) is 6.93. The number of rotatable bonds is 2. The lowest BCUT2D eigenvalue weighted by Crippen LogP contribution is -2.38. The summed E-state index contributed by atoms with van der Waals surface area (Å²) in [7, 11) is 0. The average molecular weight is 205 g/mol. The predicted molar refractivity (Wildman–Crippen MR) is 63.0 cm³/mol. The number of hydrogen-bond donors (Lipinski definition) is 1. The van der Waals surface area contributed by atoms with Gasteiger partial charge in [0.2, 0.25) is 0 Å². The molecule has 0 spiro atoms. The summed E-state index contributed by atoms with van der Waals surface area (Å²) in [5.74, 6) is 1.74. The number of anilines is 1. The molecule has 0 saturated carbocycles. The van der Waals surface area contributed by atoms with Crippen LogP contribution < -0.4 is 10.6 Å².